The molecule has 0 spiro atoms. The number of halogens is 11. The Balaban J connectivity index is 0.000000151. The number of aromatic hydroxyl groups is 1. The molecule has 0 bridgehead atoms. The van der Waals surface area contributed by atoms with Crippen molar-refractivity contribution in [1.82, 2.24) is 0 Å². The van der Waals surface area contributed by atoms with E-state index < -0.39 is 33.5 Å². The number of para-hydroxylation sites is 2. The van der Waals surface area contributed by atoms with Gasteiger partial charge in [-0.05, 0) is 156 Å². The molecule has 0 aliphatic rings. The van der Waals surface area contributed by atoms with Crippen LogP contribution in [0.1, 0.15) is 13.0 Å². The van der Waals surface area contributed by atoms with Crippen LogP contribution in [0.15, 0.2) is 324 Å². The molecule has 4 heterocycles. The first-order valence-electron chi connectivity index (χ1n) is 34.7. The van der Waals surface area contributed by atoms with Gasteiger partial charge in [-0.1, -0.05) is 242 Å². The van der Waals surface area contributed by atoms with Gasteiger partial charge in [0.25, 0.3) is 0 Å². The number of benzene rings is 14. The average Bonchev–Trinajstić information content (AvgIpc) is 1.26. The van der Waals surface area contributed by atoms with Crippen LogP contribution in [0, 0.1) is 6.92 Å². The Labute approximate surface area is 661 Å². The van der Waals surface area contributed by atoms with Crippen LogP contribution in [0.25, 0.3) is 129 Å². The molecule has 1 radical (unpaired) electrons. The third kappa shape index (κ3) is 14.7. The van der Waals surface area contributed by atoms with E-state index >= 15 is 0 Å². The third-order valence-electron chi connectivity index (χ3n) is 19.4. The maximum atomic E-state index is 12.1. The van der Waals surface area contributed by atoms with Gasteiger partial charge in [0.2, 0.25) is 0 Å². The van der Waals surface area contributed by atoms with Gasteiger partial charge in [0.05, 0.1) is 11.4 Å². The summed E-state index contributed by atoms with van der Waals surface area (Å²) in [6, 6.07) is 111. The number of furan rings is 2. The topological polar surface area (TPSA) is 87.1 Å². The maximum Gasteiger partial charge on any atom is 0.460 e. The predicted molar refractivity (Wildman–Crippen MR) is 450 cm³/mol. The van der Waals surface area contributed by atoms with E-state index in [-0.39, 0.29) is 13.2 Å². The Morgan fingerprint density at radius 1 is 0.386 bits per heavy atom. The van der Waals surface area contributed by atoms with Crippen molar-refractivity contribution >= 4 is 178 Å². The van der Waals surface area contributed by atoms with Crippen molar-refractivity contribution in [3.8, 4) is 50.3 Å². The molecule has 0 saturated heterocycles. The molecule has 0 unspecified atom stereocenters. The number of thiophene rings is 2. The summed E-state index contributed by atoms with van der Waals surface area (Å²) < 4.78 is 165. The fourth-order valence-electron chi connectivity index (χ4n) is 13.9. The van der Waals surface area contributed by atoms with Crippen molar-refractivity contribution < 1.29 is 70.1 Å². The van der Waals surface area contributed by atoms with Crippen LogP contribution in [0.2, 0.25) is 0 Å². The van der Waals surface area contributed by atoms with Crippen LogP contribution in [0.4, 0.5) is 81.8 Å². The summed E-state index contributed by atoms with van der Waals surface area (Å²) in [6.45, 7) is 2.17. The summed E-state index contributed by atoms with van der Waals surface area (Å²) in [5.74, 6) is -14.8. The fraction of sp³-hybridized carbons (Fsp3) is 0.0667. The van der Waals surface area contributed by atoms with Crippen molar-refractivity contribution in [2.45, 2.75) is 37.6 Å². The van der Waals surface area contributed by atoms with Crippen LogP contribution in [-0.2, 0) is 22.0 Å². The quantitative estimate of drug-likeness (QED) is 0.0499. The minimum atomic E-state index is -7.67. The molecule has 0 aliphatic heterocycles. The second-order valence-corrected chi connectivity index (χ2v) is 30.6. The lowest BCUT2D eigenvalue weighted by molar-refractivity contribution is -0.382. The Bertz CT molecular complexity index is 6310. The normalized spacial score (nSPS) is 12.0. The maximum absolute atomic E-state index is 12.1. The van der Waals surface area contributed by atoms with Crippen LogP contribution < -0.4 is 9.80 Å². The monoisotopic (exact) mass is 1630 g/mol. The molecule has 569 valence electrons. The second kappa shape index (κ2) is 32.0. The fourth-order valence-corrected chi connectivity index (χ4v) is 16.8. The molecule has 0 saturated carbocycles. The summed E-state index contributed by atoms with van der Waals surface area (Å²) in [5, 5.41) is 13.9. The lowest BCUT2D eigenvalue weighted by Gasteiger charge is -2.31. The predicted octanol–water partition coefficient (Wildman–Crippen LogP) is 29.8. The van der Waals surface area contributed by atoms with Gasteiger partial charge < -0.3 is 28.1 Å². The van der Waals surface area contributed by atoms with Crippen molar-refractivity contribution in [2.24, 2.45) is 0 Å². The highest BCUT2D eigenvalue weighted by atomic mass is 32.4. The zero-order valence-corrected chi connectivity index (χ0v) is 63.0. The molecule has 7 nitrogen and oxygen atoms in total. The van der Waals surface area contributed by atoms with Gasteiger partial charge in [0.1, 0.15) is 16.7 Å². The average molecular weight is 1630 g/mol. The van der Waals surface area contributed by atoms with E-state index in [1.54, 1.807) is 0 Å². The summed E-state index contributed by atoms with van der Waals surface area (Å²) >= 11 is 7.80. The van der Waals surface area contributed by atoms with E-state index in [0.717, 1.165) is 89.0 Å². The van der Waals surface area contributed by atoms with Crippen molar-refractivity contribution in [2.75, 3.05) is 9.80 Å². The third-order valence-corrected chi connectivity index (χ3v) is 23.0. The van der Waals surface area contributed by atoms with Crippen molar-refractivity contribution in [1.29, 1.82) is 0 Å². The van der Waals surface area contributed by atoms with Gasteiger partial charge in [-0.2, -0.15) is 47.9 Å². The molecule has 18 aromatic rings. The van der Waals surface area contributed by atoms with E-state index in [2.05, 4.69) is 289 Å². The molecule has 0 amide bonds. The standard InChI is InChI=1S/C43H29NOS.C42H27NO2S.C4F10O2S.CH4.BFPS/c1-28-39(27-26-37-35-12-5-7-16-40(35)45-42(28)37)44(32-22-18-30(19-23-32)29-10-3-2-4-11-29)33-24-20-31(21-25-33)34-14-9-15-38-36-13-6-8-17-41(36)46-43(34)38;44-40-37(26-25-35-33-11-4-6-15-38(33)45-41(35)40)43(30-21-17-28(18-22-30)27-9-2-1-3-10-27)31-23-19-29(20-24-31)32-13-8-14-36-34-12-5-7-16-39(34)46-42(32)36;5-1(6,3(9,10)11)2(7,8)4(12,13)17(14,15)16;;2-1-3-4/h2-27H,1H3;1-26,44H;;1H4;. The minimum Gasteiger partial charge on any atom is -0.503 e. The number of alkyl halides is 9. The molecule has 4 aromatic heterocycles. The minimum absolute atomic E-state index is 0. The number of nitrogens with zero attached hydrogens (tertiary/aromatic N) is 2. The van der Waals surface area contributed by atoms with E-state index in [1.165, 1.54) is 68.2 Å². The number of anilines is 6. The summed E-state index contributed by atoms with van der Waals surface area (Å²) in [4.78, 5) is 4.45. The Morgan fingerprint density at radius 2 is 0.719 bits per heavy atom. The number of phenols is 1. The number of aryl methyl sites for hydroxylation is 1. The number of rotatable bonds is 14. The number of fused-ring (bicyclic) bond motifs is 12. The van der Waals surface area contributed by atoms with Crippen molar-refractivity contribution in [3.63, 3.8) is 0 Å². The molecule has 0 aliphatic carbocycles. The highest BCUT2D eigenvalue weighted by molar-refractivity contribution is 8.08. The van der Waals surface area contributed by atoms with Crippen LogP contribution in [0.3, 0.4) is 0 Å². The lowest BCUT2D eigenvalue weighted by atomic mass is 10.0. The first-order chi connectivity index (χ1) is 54.4. The highest BCUT2D eigenvalue weighted by Crippen LogP contribution is 2.56. The van der Waals surface area contributed by atoms with Gasteiger partial charge in [0.15, 0.2) is 11.3 Å². The van der Waals surface area contributed by atoms with Crippen LogP contribution >= 0.6 is 29.9 Å². The molecular weight excluding hydrogens is 1570 g/mol. The first kappa shape index (κ1) is 79.0. The van der Waals surface area contributed by atoms with E-state index in [1.807, 2.05) is 77.3 Å². The van der Waals surface area contributed by atoms with Crippen LogP contribution in [0.5, 0.6) is 5.75 Å². The molecule has 24 heteroatoms. The van der Waals surface area contributed by atoms with Gasteiger partial charge in [-0.3, -0.25) is 0 Å². The lowest BCUT2D eigenvalue weighted by Crippen LogP contribution is -2.62. The largest absolute Gasteiger partial charge is 0.503 e. The smallest absolute Gasteiger partial charge is 0.460 e. The van der Waals surface area contributed by atoms with Gasteiger partial charge in [0, 0.05) is 90.2 Å². The first-order valence-corrected chi connectivity index (χ1v) is 39.7. The number of hydrogen-bond donors (Lipinski definition) is 1. The molecule has 18 rings (SSSR count). The molecule has 0 atom stereocenters. The molecule has 114 heavy (non-hydrogen) atoms. The zero-order valence-electron chi connectivity index (χ0n) is 58.8. The highest BCUT2D eigenvalue weighted by Gasteiger charge is 2.86. The van der Waals surface area contributed by atoms with Gasteiger partial charge >= 0.3 is 40.8 Å². The van der Waals surface area contributed by atoms with E-state index in [9.17, 15) is 61.2 Å². The van der Waals surface area contributed by atoms with Crippen LogP contribution in [-0.4, -0.2) is 44.1 Å². The van der Waals surface area contributed by atoms with Gasteiger partial charge in [-0.25, -0.2) is 0 Å². The molecule has 0 fully saturated rings. The van der Waals surface area contributed by atoms with E-state index in [4.69, 9.17) is 8.83 Å². The van der Waals surface area contributed by atoms with Crippen molar-refractivity contribution in [3.05, 3.63) is 321 Å². The molecular formula is C90H60BF11N2O5PS4. The van der Waals surface area contributed by atoms with Gasteiger partial charge in [-0.15, -0.1) is 22.7 Å². The summed E-state index contributed by atoms with van der Waals surface area (Å²) in [6.07, 6.45) is -7.19. The zero-order chi connectivity index (χ0) is 79.1. The summed E-state index contributed by atoms with van der Waals surface area (Å²) in [7, 11) is -6.96. The Kier molecular flexibility index (Phi) is 22.2. The number of phenolic OH excluding ortho intramolecular Hbond substituents is 1. The Morgan fingerprint density at radius 3 is 1.12 bits per heavy atom. The van der Waals surface area contributed by atoms with E-state index in [0.29, 0.717) is 25.8 Å². The Hall–Kier alpha value is -11.7. The number of hydrogen-bond acceptors (Lipinski definition) is 10. The second-order valence-electron chi connectivity index (χ2n) is 26.0. The molecule has 1 N–H and O–H groups in total. The molecule has 14 aromatic carbocycles. The SMILES string of the molecule is C.Cc1c(N(c2ccc(-c3ccccc3)cc2)c2ccc(-c3cccc4c3sc3ccccc34)cc2)ccc2c1oc1ccccc12.F[B]P=S.O=S(=O)(F)C(F)(F)C(F)(F)C(F)(F)C(F)(F)F.Oc1c(N(c2ccc(-c3ccccc3)cc2)c2ccc(-c3cccc4c3sc3ccccc34)cc2)ccc2c1oc1ccccc12. The summed E-state index contributed by atoms with van der Waals surface area (Å²) in [5.41, 5.74) is 19.5.